The van der Waals surface area contributed by atoms with E-state index in [2.05, 4.69) is 42.6 Å². The Labute approximate surface area is 223 Å². The van der Waals surface area contributed by atoms with Crippen LogP contribution in [0.15, 0.2) is 72.6 Å². The number of aryl methyl sites for hydroxylation is 1. The number of piperidine rings is 1. The van der Waals surface area contributed by atoms with E-state index in [0.717, 1.165) is 30.6 Å². The number of methoxy groups -OCH3 is 2. The minimum Gasteiger partial charge on any atom is -0.497 e. The zero-order valence-corrected chi connectivity index (χ0v) is 22.5. The Morgan fingerprint density at radius 2 is 1.89 bits per heavy atom. The fourth-order valence-corrected chi connectivity index (χ4v) is 5.90. The van der Waals surface area contributed by atoms with Crippen LogP contribution in [0.4, 0.5) is 0 Å². The van der Waals surface area contributed by atoms with Crippen molar-refractivity contribution in [1.29, 1.82) is 0 Å². The molecule has 1 aliphatic rings. The molecular formula is C29H36N4O3S. The molecule has 1 saturated heterocycles. The first-order valence-corrected chi connectivity index (χ1v) is 13.3. The molecule has 2 aromatic carbocycles. The van der Waals surface area contributed by atoms with Gasteiger partial charge in [-0.05, 0) is 61.1 Å². The Kier molecular flexibility index (Phi) is 8.87. The molecule has 196 valence electrons. The van der Waals surface area contributed by atoms with Gasteiger partial charge in [-0.15, -0.1) is 11.3 Å². The fourth-order valence-electron chi connectivity index (χ4n) is 4.81. The van der Waals surface area contributed by atoms with E-state index < -0.39 is 12.0 Å². The average molecular weight is 521 g/mol. The number of nitrogens with two attached hydrogens (primary N) is 2. The molecule has 0 saturated carbocycles. The lowest BCUT2D eigenvalue weighted by Gasteiger charge is -2.33. The van der Waals surface area contributed by atoms with Crippen molar-refractivity contribution in [1.82, 2.24) is 10.3 Å². The van der Waals surface area contributed by atoms with Gasteiger partial charge in [0.2, 0.25) is 0 Å². The van der Waals surface area contributed by atoms with Crippen LogP contribution in [0, 0.1) is 6.92 Å². The maximum atomic E-state index is 12.6. The highest BCUT2D eigenvalue weighted by atomic mass is 32.1. The third-order valence-electron chi connectivity index (χ3n) is 6.90. The Bertz CT molecular complexity index is 1210. The zero-order chi connectivity index (χ0) is 26.4. The predicted molar refractivity (Wildman–Crippen MR) is 149 cm³/mol. The summed E-state index contributed by atoms with van der Waals surface area (Å²) in [7, 11) is 2.98. The highest BCUT2D eigenvalue weighted by Crippen LogP contribution is 2.37. The Morgan fingerprint density at radius 1 is 1.16 bits per heavy atom. The van der Waals surface area contributed by atoms with Crippen molar-refractivity contribution in [2.75, 3.05) is 14.2 Å². The van der Waals surface area contributed by atoms with Crippen molar-refractivity contribution in [3.63, 3.8) is 0 Å². The van der Waals surface area contributed by atoms with Gasteiger partial charge in [0.25, 0.3) is 0 Å². The minimum absolute atomic E-state index is 0.0384. The summed E-state index contributed by atoms with van der Waals surface area (Å²) >= 11 is 1.82. The second-order valence-electron chi connectivity index (χ2n) is 9.36. The third kappa shape index (κ3) is 6.52. The normalized spacial score (nSPS) is 18.8. The quantitative estimate of drug-likeness (QED) is 0.214. The summed E-state index contributed by atoms with van der Waals surface area (Å²) in [6.45, 7) is 2.18. The molecule has 2 unspecified atom stereocenters. The predicted octanol–water partition coefficient (Wildman–Crippen LogP) is 4.68. The van der Waals surface area contributed by atoms with Crippen LogP contribution in [-0.2, 0) is 16.0 Å². The number of hydrazine groups is 1. The summed E-state index contributed by atoms with van der Waals surface area (Å²) < 4.78 is 10.3. The molecule has 0 bridgehead atoms. The lowest BCUT2D eigenvalue weighted by Crippen LogP contribution is -2.47. The SMILES string of the molecule is COC(=O)[C@H](Cc1ccc(OC)cc1)N(N)/C=C(\N)C1CCCC(c2cc(-c3ccccc3)sc2C)N1. The van der Waals surface area contributed by atoms with E-state index in [1.807, 2.05) is 41.7 Å². The molecule has 3 atom stereocenters. The lowest BCUT2D eigenvalue weighted by molar-refractivity contribution is -0.146. The lowest BCUT2D eigenvalue weighted by atomic mass is 9.92. The van der Waals surface area contributed by atoms with Crippen LogP contribution in [0.1, 0.15) is 41.3 Å². The number of nitrogens with one attached hydrogen (secondary N) is 1. The monoisotopic (exact) mass is 520 g/mol. The molecule has 5 N–H and O–H groups in total. The summed E-state index contributed by atoms with van der Waals surface area (Å²) in [4.78, 5) is 15.2. The van der Waals surface area contributed by atoms with E-state index in [9.17, 15) is 4.79 Å². The molecule has 2 heterocycles. The number of rotatable bonds is 9. The molecule has 37 heavy (non-hydrogen) atoms. The number of nitrogens with zero attached hydrogens (tertiary/aromatic N) is 1. The van der Waals surface area contributed by atoms with Gasteiger partial charge in [-0.3, -0.25) is 0 Å². The van der Waals surface area contributed by atoms with Crippen LogP contribution in [0.2, 0.25) is 0 Å². The van der Waals surface area contributed by atoms with E-state index in [0.29, 0.717) is 12.1 Å². The first kappa shape index (κ1) is 26.7. The van der Waals surface area contributed by atoms with Gasteiger partial charge in [-0.1, -0.05) is 42.5 Å². The second-order valence-corrected chi connectivity index (χ2v) is 10.6. The molecule has 3 aromatic rings. The van der Waals surface area contributed by atoms with Crippen LogP contribution >= 0.6 is 11.3 Å². The molecule has 1 aliphatic heterocycles. The Morgan fingerprint density at radius 3 is 2.57 bits per heavy atom. The fraction of sp³-hybridized carbons (Fsp3) is 0.345. The van der Waals surface area contributed by atoms with Gasteiger partial charge in [0.05, 0.1) is 14.2 Å². The molecular weight excluding hydrogens is 484 g/mol. The molecule has 1 aromatic heterocycles. The maximum Gasteiger partial charge on any atom is 0.330 e. The number of benzene rings is 2. The molecule has 0 amide bonds. The number of carbonyl (C=O) groups is 1. The van der Waals surface area contributed by atoms with Crippen molar-refractivity contribution < 1.29 is 14.3 Å². The molecule has 7 nitrogen and oxygen atoms in total. The second kappa shape index (κ2) is 12.3. The number of thiophene rings is 1. The molecule has 8 heteroatoms. The maximum absolute atomic E-state index is 12.6. The van der Waals surface area contributed by atoms with Gasteiger partial charge in [0.1, 0.15) is 11.8 Å². The Hall–Kier alpha value is -3.33. The zero-order valence-electron chi connectivity index (χ0n) is 21.6. The molecule has 0 radical (unpaired) electrons. The van der Waals surface area contributed by atoms with Gasteiger partial charge in [0.15, 0.2) is 0 Å². The number of esters is 1. The van der Waals surface area contributed by atoms with Crippen molar-refractivity contribution in [3.8, 4) is 16.2 Å². The van der Waals surface area contributed by atoms with Crippen molar-refractivity contribution >= 4 is 17.3 Å². The van der Waals surface area contributed by atoms with Crippen LogP contribution in [0.25, 0.3) is 10.4 Å². The standard InChI is InChI=1S/C29H36N4O3S/c1-19-23(17-28(37-19)21-8-5-4-6-9-21)25-10-7-11-26(32-25)24(30)18-33(31)27(29(34)36-3)16-20-12-14-22(35-2)15-13-20/h4-6,8-9,12-15,17-18,25-27,32H,7,10-11,16,30-31H2,1-3H3/b24-18-/t25?,26?,27-/m0/s1. The highest BCUT2D eigenvalue weighted by Gasteiger charge is 2.28. The van der Waals surface area contributed by atoms with E-state index in [1.165, 1.54) is 33.0 Å². The van der Waals surface area contributed by atoms with E-state index in [-0.39, 0.29) is 12.1 Å². The van der Waals surface area contributed by atoms with Gasteiger partial charge < -0.3 is 25.5 Å². The van der Waals surface area contributed by atoms with E-state index in [1.54, 1.807) is 13.3 Å². The van der Waals surface area contributed by atoms with Crippen LogP contribution < -0.4 is 21.6 Å². The van der Waals surface area contributed by atoms with Crippen molar-refractivity contribution in [2.24, 2.45) is 11.6 Å². The summed E-state index contributed by atoms with van der Waals surface area (Å²) in [5.41, 5.74) is 10.6. The third-order valence-corrected chi connectivity index (χ3v) is 8.01. The largest absolute Gasteiger partial charge is 0.497 e. The first-order chi connectivity index (χ1) is 17.9. The minimum atomic E-state index is -0.705. The summed E-state index contributed by atoms with van der Waals surface area (Å²) in [5.74, 6) is 6.70. The number of ether oxygens (including phenoxy) is 2. The summed E-state index contributed by atoms with van der Waals surface area (Å²) in [6.07, 6.45) is 5.05. The van der Waals surface area contributed by atoms with Crippen molar-refractivity contribution in [2.45, 2.75) is 50.7 Å². The van der Waals surface area contributed by atoms with Crippen LogP contribution in [0.3, 0.4) is 0 Å². The average Bonchev–Trinajstić information content (AvgIpc) is 3.33. The molecule has 1 fully saturated rings. The first-order valence-electron chi connectivity index (χ1n) is 12.5. The van der Waals surface area contributed by atoms with Crippen LogP contribution in [0.5, 0.6) is 5.75 Å². The molecule has 0 spiro atoms. The van der Waals surface area contributed by atoms with Gasteiger partial charge >= 0.3 is 5.97 Å². The topological polar surface area (TPSA) is 103 Å². The molecule has 4 rings (SSSR count). The van der Waals surface area contributed by atoms with Gasteiger partial charge in [0, 0.05) is 40.2 Å². The van der Waals surface area contributed by atoms with E-state index in [4.69, 9.17) is 21.1 Å². The number of carbonyl (C=O) groups excluding carboxylic acids is 1. The number of hydrogen-bond donors (Lipinski definition) is 3. The van der Waals surface area contributed by atoms with Crippen LogP contribution in [-0.4, -0.2) is 37.3 Å². The Balaban J connectivity index is 1.47. The number of hydrogen-bond acceptors (Lipinski definition) is 8. The highest BCUT2D eigenvalue weighted by molar-refractivity contribution is 7.15. The summed E-state index contributed by atoms with van der Waals surface area (Å²) in [5, 5.41) is 5.10. The van der Waals surface area contributed by atoms with Gasteiger partial charge in [-0.2, -0.15) is 0 Å². The smallest absolute Gasteiger partial charge is 0.330 e. The summed E-state index contributed by atoms with van der Waals surface area (Å²) in [6, 6.07) is 19.8. The molecule has 0 aliphatic carbocycles. The van der Waals surface area contributed by atoms with E-state index >= 15 is 0 Å². The van der Waals surface area contributed by atoms with Gasteiger partial charge in [-0.25, -0.2) is 10.6 Å². The van der Waals surface area contributed by atoms with Crippen molar-refractivity contribution in [3.05, 3.63) is 88.6 Å².